The van der Waals surface area contributed by atoms with Crippen LogP contribution in [0, 0.1) is 0 Å². The van der Waals surface area contributed by atoms with E-state index in [1.54, 1.807) is 18.6 Å². The van der Waals surface area contributed by atoms with Gasteiger partial charge in [-0.15, -0.1) is 0 Å². The minimum Gasteiger partial charge on any atom is -0.436 e. The van der Waals surface area contributed by atoms with E-state index in [-0.39, 0.29) is 0 Å². The molecule has 0 saturated carbocycles. The number of hydrogen-bond donors (Lipinski definition) is 0. The van der Waals surface area contributed by atoms with Crippen molar-refractivity contribution < 1.29 is 8.83 Å². The molecule has 0 fully saturated rings. The summed E-state index contributed by atoms with van der Waals surface area (Å²) >= 11 is 0. The molecule has 6 aromatic heterocycles. The second kappa shape index (κ2) is 4.86. The molecule has 6 rings (SSSR count). The van der Waals surface area contributed by atoms with Crippen molar-refractivity contribution in [3.63, 3.8) is 0 Å². The van der Waals surface area contributed by atoms with Crippen LogP contribution in [0.3, 0.4) is 0 Å². The van der Waals surface area contributed by atoms with E-state index in [0.29, 0.717) is 17.1 Å². The molecule has 0 bridgehead atoms. The van der Waals surface area contributed by atoms with Crippen molar-refractivity contribution in [3.8, 4) is 11.4 Å². The van der Waals surface area contributed by atoms with Gasteiger partial charge in [0.1, 0.15) is 0 Å². The van der Waals surface area contributed by atoms with E-state index in [1.807, 2.05) is 42.5 Å². The highest BCUT2D eigenvalue weighted by molar-refractivity contribution is 6.04. The molecule has 0 atom stereocenters. The molecule has 0 aliphatic rings. The van der Waals surface area contributed by atoms with E-state index < -0.39 is 0 Å². The lowest BCUT2D eigenvalue weighted by Crippen LogP contribution is -1.87. The molecule has 0 aromatic carbocycles. The predicted molar refractivity (Wildman–Crippen MR) is 97.6 cm³/mol. The van der Waals surface area contributed by atoms with Crippen LogP contribution in [0.2, 0.25) is 0 Å². The third kappa shape index (κ3) is 1.81. The van der Waals surface area contributed by atoms with Crippen molar-refractivity contribution in [1.82, 2.24) is 19.9 Å². The lowest BCUT2D eigenvalue weighted by Gasteiger charge is -1.99. The molecule has 0 N–H and O–H groups in total. The van der Waals surface area contributed by atoms with Crippen LogP contribution in [0.4, 0.5) is 0 Å². The summed E-state index contributed by atoms with van der Waals surface area (Å²) in [5.41, 5.74) is 3.86. The molecule has 0 aliphatic carbocycles. The van der Waals surface area contributed by atoms with Crippen LogP contribution in [0.1, 0.15) is 0 Å². The Morgan fingerprint density at radius 3 is 2.19 bits per heavy atom. The second-order valence-electron chi connectivity index (χ2n) is 6.03. The zero-order valence-electron chi connectivity index (χ0n) is 13.4. The highest BCUT2D eigenvalue weighted by Crippen LogP contribution is 2.31. The van der Waals surface area contributed by atoms with Gasteiger partial charge in [0.15, 0.2) is 5.58 Å². The van der Waals surface area contributed by atoms with Gasteiger partial charge in [-0.3, -0.25) is 4.98 Å². The first kappa shape index (κ1) is 13.5. The summed E-state index contributed by atoms with van der Waals surface area (Å²) in [5, 5.41) is 3.85. The van der Waals surface area contributed by atoms with E-state index in [1.165, 1.54) is 0 Å². The largest absolute Gasteiger partial charge is 0.436 e. The van der Waals surface area contributed by atoms with E-state index in [2.05, 4.69) is 19.9 Å². The minimum absolute atomic E-state index is 0.548. The molecule has 26 heavy (non-hydrogen) atoms. The van der Waals surface area contributed by atoms with Crippen molar-refractivity contribution in [2.75, 3.05) is 0 Å². The van der Waals surface area contributed by atoms with Crippen molar-refractivity contribution in [2.45, 2.75) is 0 Å². The summed E-state index contributed by atoms with van der Waals surface area (Å²) in [7, 11) is 0. The van der Waals surface area contributed by atoms with Gasteiger partial charge >= 0.3 is 0 Å². The molecule has 6 heteroatoms. The van der Waals surface area contributed by atoms with Crippen LogP contribution in [0.15, 0.2) is 69.9 Å². The van der Waals surface area contributed by atoms with Gasteiger partial charge in [0.05, 0.1) is 17.6 Å². The summed E-state index contributed by atoms with van der Waals surface area (Å²) in [4.78, 5) is 17.6. The van der Waals surface area contributed by atoms with Crippen LogP contribution < -0.4 is 0 Å². The SMILES string of the molecule is c1cnc2oc3nc(-c4ccc5c(n4)oc4cnccc45)ccc3c2c1. The van der Waals surface area contributed by atoms with Gasteiger partial charge in [0.25, 0.3) is 0 Å². The Morgan fingerprint density at radius 2 is 1.35 bits per heavy atom. The topological polar surface area (TPSA) is 77.8 Å². The maximum absolute atomic E-state index is 5.82. The first-order chi connectivity index (χ1) is 12.9. The van der Waals surface area contributed by atoms with Crippen LogP contribution in [0.5, 0.6) is 0 Å². The highest BCUT2D eigenvalue weighted by Gasteiger charge is 2.13. The van der Waals surface area contributed by atoms with Gasteiger partial charge in [-0.05, 0) is 42.5 Å². The Bertz CT molecular complexity index is 1340. The Hall–Kier alpha value is -3.80. The Morgan fingerprint density at radius 1 is 0.615 bits per heavy atom. The summed E-state index contributed by atoms with van der Waals surface area (Å²) in [5.74, 6) is 0. The van der Waals surface area contributed by atoms with E-state index >= 15 is 0 Å². The smallest absolute Gasteiger partial charge is 0.230 e. The summed E-state index contributed by atoms with van der Waals surface area (Å²) in [6, 6.07) is 13.6. The molecule has 6 nitrogen and oxygen atoms in total. The third-order valence-electron chi connectivity index (χ3n) is 4.52. The number of fused-ring (bicyclic) bond motifs is 6. The first-order valence-electron chi connectivity index (χ1n) is 8.15. The number of aromatic nitrogens is 4. The maximum Gasteiger partial charge on any atom is 0.230 e. The average Bonchev–Trinajstić information content (AvgIpc) is 3.24. The monoisotopic (exact) mass is 338 g/mol. The Balaban J connectivity index is 1.57. The highest BCUT2D eigenvalue weighted by atomic mass is 16.3. The third-order valence-corrected chi connectivity index (χ3v) is 4.52. The molecule has 0 radical (unpaired) electrons. The number of rotatable bonds is 1. The first-order valence-corrected chi connectivity index (χ1v) is 8.15. The molecule has 0 aliphatic heterocycles. The fourth-order valence-corrected chi connectivity index (χ4v) is 3.29. The molecule has 6 aromatic rings. The standard InChI is InChI=1S/C20H10N4O2/c1-2-12-14-4-6-16(24-20(14)26-18(12)22-8-1)15-5-3-13-11-7-9-21-10-17(11)25-19(13)23-15/h1-10H. The van der Waals surface area contributed by atoms with Crippen molar-refractivity contribution >= 4 is 44.3 Å². The molecule has 0 unspecified atom stereocenters. The van der Waals surface area contributed by atoms with Crippen molar-refractivity contribution in [1.29, 1.82) is 0 Å². The van der Waals surface area contributed by atoms with Crippen molar-refractivity contribution in [3.05, 3.63) is 61.1 Å². The quantitative estimate of drug-likeness (QED) is 0.431. The van der Waals surface area contributed by atoms with Gasteiger partial charge in [-0.1, -0.05) is 0 Å². The van der Waals surface area contributed by atoms with Gasteiger partial charge in [0.2, 0.25) is 17.1 Å². The fraction of sp³-hybridized carbons (Fsp3) is 0. The number of furan rings is 2. The molecule has 6 heterocycles. The molecule has 0 spiro atoms. The normalized spacial score (nSPS) is 11.8. The van der Waals surface area contributed by atoms with Gasteiger partial charge in [-0.2, -0.15) is 0 Å². The Kier molecular flexibility index (Phi) is 2.52. The molecule has 0 saturated heterocycles. The summed E-state index contributed by atoms with van der Waals surface area (Å²) in [6.07, 6.45) is 5.15. The molecular weight excluding hydrogens is 328 g/mol. The van der Waals surface area contributed by atoms with Gasteiger partial charge < -0.3 is 8.83 Å². The average molecular weight is 338 g/mol. The second-order valence-corrected chi connectivity index (χ2v) is 6.03. The molecular formula is C20H10N4O2. The fourth-order valence-electron chi connectivity index (χ4n) is 3.29. The van der Waals surface area contributed by atoms with E-state index in [0.717, 1.165) is 38.5 Å². The van der Waals surface area contributed by atoms with Crippen molar-refractivity contribution in [2.24, 2.45) is 0 Å². The van der Waals surface area contributed by atoms with Gasteiger partial charge in [0, 0.05) is 33.9 Å². The zero-order chi connectivity index (χ0) is 17.1. The van der Waals surface area contributed by atoms with Crippen LogP contribution in [-0.4, -0.2) is 19.9 Å². The predicted octanol–water partition coefficient (Wildman–Crippen LogP) is 4.73. The molecule has 122 valence electrons. The zero-order valence-corrected chi connectivity index (χ0v) is 13.4. The summed E-state index contributed by atoms with van der Waals surface area (Å²) in [6.45, 7) is 0. The lowest BCUT2D eigenvalue weighted by molar-refractivity contribution is 0.640. The van der Waals surface area contributed by atoms with Crippen LogP contribution in [-0.2, 0) is 0 Å². The lowest BCUT2D eigenvalue weighted by atomic mass is 10.1. The number of nitrogens with zero attached hydrogens (tertiary/aromatic N) is 4. The number of hydrogen-bond acceptors (Lipinski definition) is 6. The maximum atomic E-state index is 5.82. The van der Waals surface area contributed by atoms with E-state index in [4.69, 9.17) is 8.83 Å². The van der Waals surface area contributed by atoms with Gasteiger partial charge in [-0.25, -0.2) is 15.0 Å². The number of pyridine rings is 4. The van der Waals surface area contributed by atoms with Crippen LogP contribution >= 0.6 is 0 Å². The molecule has 0 amide bonds. The Labute approximate surface area is 146 Å². The van der Waals surface area contributed by atoms with Crippen LogP contribution in [0.25, 0.3) is 55.7 Å². The minimum atomic E-state index is 0.548. The van der Waals surface area contributed by atoms with E-state index in [9.17, 15) is 0 Å². The summed E-state index contributed by atoms with van der Waals surface area (Å²) < 4.78 is 11.6.